The number of nitrogens with one attached hydrogen (secondary N) is 1. The molecule has 0 heterocycles. The standard InChI is InChI=1S/C16H33N/c1-15(2,3)11-12-17-14-9-7-13(8-10-14)16(4,5)6/h13-14,17H,7-12H2,1-6H3. The lowest BCUT2D eigenvalue weighted by atomic mass is 9.71. The van der Waals surface area contributed by atoms with Crippen LogP contribution in [0, 0.1) is 16.7 Å². The van der Waals surface area contributed by atoms with Crippen LogP contribution in [0.15, 0.2) is 0 Å². The lowest BCUT2D eigenvalue weighted by molar-refractivity contribution is 0.159. The van der Waals surface area contributed by atoms with Crippen molar-refractivity contribution in [1.82, 2.24) is 5.32 Å². The van der Waals surface area contributed by atoms with Gasteiger partial charge in [0, 0.05) is 6.04 Å². The second kappa shape index (κ2) is 5.73. The van der Waals surface area contributed by atoms with Gasteiger partial charge in [0.2, 0.25) is 0 Å². The van der Waals surface area contributed by atoms with Crippen molar-refractivity contribution < 1.29 is 0 Å². The maximum Gasteiger partial charge on any atom is 0.00672 e. The molecular formula is C16H33N. The van der Waals surface area contributed by atoms with Crippen LogP contribution in [-0.4, -0.2) is 12.6 Å². The molecule has 102 valence electrons. The fourth-order valence-corrected chi connectivity index (χ4v) is 2.81. The van der Waals surface area contributed by atoms with E-state index >= 15 is 0 Å². The summed E-state index contributed by atoms with van der Waals surface area (Å²) in [5.74, 6) is 0.933. The van der Waals surface area contributed by atoms with Gasteiger partial charge in [-0.2, -0.15) is 0 Å². The van der Waals surface area contributed by atoms with Crippen LogP contribution < -0.4 is 5.32 Å². The zero-order chi connectivity index (χ0) is 13.1. The quantitative estimate of drug-likeness (QED) is 0.758. The smallest absolute Gasteiger partial charge is 0.00672 e. The highest BCUT2D eigenvalue weighted by atomic mass is 14.9. The van der Waals surface area contributed by atoms with Crippen LogP contribution in [0.5, 0.6) is 0 Å². The van der Waals surface area contributed by atoms with Crippen molar-refractivity contribution in [2.24, 2.45) is 16.7 Å². The summed E-state index contributed by atoms with van der Waals surface area (Å²) < 4.78 is 0. The van der Waals surface area contributed by atoms with Gasteiger partial charge in [-0.05, 0) is 55.4 Å². The summed E-state index contributed by atoms with van der Waals surface area (Å²) >= 11 is 0. The highest BCUT2D eigenvalue weighted by Gasteiger charge is 2.29. The first-order valence-electron chi connectivity index (χ1n) is 7.42. The molecule has 1 nitrogen and oxygen atoms in total. The largest absolute Gasteiger partial charge is 0.314 e. The second-order valence-corrected chi connectivity index (χ2v) is 8.18. The lowest BCUT2D eigenvalue weighted by Gasteiger charge is -2.37. The van der Waals surface area contributed by atoms with Crippen molar-refractivity contribution in [2.75, 3.05) is 6.54 Å². The first kappa shape index (κ1) is 15.0. The van der Waals surface area contributed by atoms with Crippen LogP contribution in [-0.2, 0) is 0 Å². The topological polar surface area (TPSA) is 12.0 Å². The third-order valence-electron chi connectivity index (χ3n) is 4.26. The van der Waals surface area contributed by atoms with Gasteiger partial charge in [-0.15, -0.1) is 0 Å². The van der Waals surface area contributed by atoms with Crippen LogP contribution in [0.1, 0.15) is 73.6 Å². The molecule has 0 saturated heterocycles. The van der Waals surface area contributed by atoms with Gasteiger partial charge in [-0.1, -0.05) is 41.5 Å². The molecule has 1 aliphatic carbocycles. The molecule has 0 unspecified atom stereocenters. The molecule has 1 aliphatic rings. The Bertz CT molecular complexity index is 208. The third kappa shape index (κ3) is 5.90. The van der Waals surface area contributed by atoms with E-state index in [1.54, 1.807) is 0 Å². The van der Waals surface area contributed by atoms with Crippen molar-refractivity contribution >= 4 is 0 Å². The van der Waals surface area contributed by atoms with Crippen LogP contribution in [0.3, 0.4) is 0 Å². The normalized spacial score (nSPS) is 27.2. The molecule has 17 heavy (non-hydrogen) atoms. The summed E-state index contributed by atoms with van der Waals surface area (Å²) in [7, 11) is 0. The average Bonchev–Trinajstić information content (AvgIpc) is 2.15. The molecule has 0 atom stereocenters. The molecule has 1 N–H and O–H groups in total. The van der Waals surface area contributed by atoms with Gasteiger partial charge in [0.1, 0.15) is 0 Å². The van der Waals surface area contributed by atoms with Crippen molar-refractivity contribution in [3.63, 3.8) is 0 Å². The van der Waals surface area contributed by atoms with Crippen molar-refractivity contribution in [1.29, 1.82) is 0 Å². The Morgan fingerprint density at radius 2 is 1.41 bits per heavy atom. The van der Waals surface area contributed by atoms with Crippen molar-refractivity contribution in [2.45, 2.75) is 79.7 Å². The Hall–Kier alpha value is -0.0400. The summed E-state index contributed by atoms with van der Waals surface area (Å²) in [5.41, 5.74) is 0.978. The molecule has 0 aromatic heterocycles. The molecule has 0 aromatic carbocycles. The van der Waals surface area contributed by atoms with Crippen molar-refractivity contribution in [3.05, 3.63) is 0 Å². The van der Waals surface area contributed by atoms with Gasteiger partial charge in [0.25, 0.3) is 0 Å². The molecule has 0 radical (unpaired) electrons. The first-order valence-corrected chi connectivity index (χ1v) is 7.42. The second-order valence-electron chi connectivity index (χ2n) is 8.18. The van der Waals surface area contributed by atoms with E-state index in [2.05, 4.69) is 46.9 Å². The third-order valence-corrected chi connectivity index (χ3v) is 4.26. The monoisotopic (exact) mass is 239 g/mol. The van der Waals surface area contributed by atoms with Gasteiger partial charge in [-0.25, -0.2) is 0 Å². The van der Waals surface area contributed by atoms with E-state index in [0.29, 0.717) is 10.8 Å². The molecule has 1 rings (SSSR count). The number of rotatable bonds is 3. The van der Waals surface area contributed by atoms with E-state index in [0.717, 1.165) is 12.0 Å². The zero-order valence-electron chi connectivity index (χ0n) is 12.9. The van der Waals surface area contributed by atoms with E-state index in [1.807, 2.05) is 0 Å². The van der Waals surface area contributed by atoms with Gasteiger partial charge in [0.15, 0.2) is 0 Å². The van der Waals surface area contributed by atoms with Gasteiger partial charge < -0.3 is 5.32 Å². The summed E-state index contributed by atoms with van der Waals surface area (Å²) in [5, 5.41) is 3.75. The molecule has 0 spiro atoms. The summed E-state index contributed by atoms with van der Waals surface area (Å²) in [4.78, 5) is 0. The number of hydrogen-bond donors (Lipinski definition) is 1. The fraction of sp³-hybridized carbons (Fsp3) is 1.00. The summed E-state index contributed by atoms with van der Waals surface area (Å²) in [6, 6.07) is 0.788. The predicted octanol–water partition coefficient (Wildman–Crippen LogP) is 4.62. The zero-order valence-corrected chi connectivity index (χ0v) is 12.9. The SMILES string of the molecule is CC(C)(C)CCNC1CCC(C(C)(C)C)CC1. The molecule has 0 amide bonds. The molecule has 1 fully saturated rings. The van der Waals surface area contributed by atoms with E-state index in [9.17, 15) is 0 Å². The van der Waals surface area contributed by atoms with Crippen molar-refractivity contribution in [3.8, 4) is 0 Å². The van der Waals surface area contributed by atoms with E-state index < -0.39 is 0 Å². The highest BCUT2D eigenvalue weighted by Crippen LogP contribution is 2.37. The van der Waals surface area contributed by atoms with Gasteiger partial charge in [-0.3, -0.25) is 0 Å². The minimum absolute atomic E-state index is 0.468. The molecule has 0 aliphatic heterocycles. The predicted molar refractivity (Wildman–Crippen MR) is 77.3 cm³/mol. The fourth-order valence-electron chi connectivity index (χ4n) is 2.81. The average molecular weight is 239 g/mol. The lowest BCUT2D eigenvalue weighted by Crippen LogP contribution is -2.37. The Kier molecular flexibility index (Phi) is 5.07. The van der Waals surface area contributed by atoms with Crippen LogP contribution >= 0.6 is 0 Å². The summed E-state index contributed by atoms with van der Waals surface area (Å²) in [6.07, 6.45) is 6.87. The highest BCUT2D eigenvalue weighted by molar-refractivity contribution is 4.83. The van der Waals surface area contributed by atoms with Gasteiger partial charge >= 0.3 is 0 Å². The Balaban J connectivity index is 2.20. The van der Waals surface area contributed by atoms with E-state index in [-0.39, 0.29) is 0 Å². The molecule has 1 saturated carbocycles. The minimum atomic E-state index is 0.468. The van der Waals surface area contributed by atoms with Crippen LogP contribution in [0.25, 0.3) is 0 Å². The number of hydrogen-bond acceptors (Lipinski definition) is 1. The maximum absolute atomic E-state index is 3.75. The Morgan fingerprint density at radius 1 is 0.882 bits per heavy atom. The molecule has 1 heteroatoms. The molecule has 0 bridgehead atoms. The maximum atomic E-state index is 3.75. The van der Waals surface area contributed by atoms with Crippen LogP contribution in [0.4, 0.5) is 0 Å². The first-order chi connectivity index (χ1) is 7.68. The Labute approximate surface area is 109 Å². The van der Waals surface area contributed by atoms with Gasteiger partial charge in [0.05, 0.1) is 0 Å². The van der Waals surface area contributed by atoms with Crippen LogP contribution in [0.2, 0.25) is 0 Å². The van der Waals surface area contributed by atoms with E-state index in [1.165, 1.54) is 38.6 Å². The molecule has 0 aromatic rings. The Morgan fingerprint density at radius 3 is 1.82 bits per heavy atom. The van der Waals surface area contributed by atoms with E-state index in [4.69, 9.17) is 0 Å². The minimum Gasteiger partial charge on any atom is -0.314 e. The molecular weight excluding hydrogens is 206 g/mol. The summed E-state index contributed by atoms with van der Waals surface area (Å²) in [6.45, 7) is 15.3.